The van der Waals surface area contributed by atoms with Gasteiger partial charge in [0.15, 0.2) is 16.8 Å². The molecule has 0 atom stereocenters. The molecule has 0 fully saturated rings. The minimum absolute atomic E-state index is 0.0470. The van der Waals surface area contributed by atoms with Crippen LogP contribution in [0.5, 0.6) is 5.75 Å². The Labute approximate surface area is 218 Å². The van der Waals surface area contributed by atoms with E-state index >= 15 is 0 Å². The van der Waals surface area contributed by atoms with Gasteiger partial charge in [0.05, 0.1) is 12.4 Å². The molecule has 0 spiro atoms. The predicted molar refractivity (Wildman–Crippen MR) is 146 cm³/mol. The van der Waals surface area contributed by atoms with E-state index in [9.17, 15) is 9.59 Å². The zero-order chi connectivity index (χ0) is 25.8. The van der Waals surface area contributed by atoms with Gasteiger partial charge in [0.25, 0.3) is 0 Å². The van der Waals surface area contributed by atoms with Gasteiger partial charge in [-0.25, -0.2) is 0 Å². The molecule has 1 amide bonds. The molecule has 0 radical (unpaired) electrons. The van der Waals surface area contributed by atoms with Gasteiger partial charge < -0.3 is 15.0 Å². The molecule has 2 heterocycles. The number of hydrogen-bond donors (Lipinski definition) is 2. The standard InChI is InChI=1S/C28H25N5O3S/c1-3-36-22-14-12-21(13-15-22)33-27(24-16-29-25-7-5-4-6-23(24)25)31-32-28(33)37-17-26(35)19-8-10-20(11-9-19)30-18(2)34/h4-16,29H,3,17H2,1-2H3,(H,30,34). The highest BCUT2D eigenvalue weighted by Gasteiger charge is 2.20. The molecular weight excluding hydrogens is 486 g/mol. The van der Waals surface area contributed by atoms with Crippen LogP contribution in [-0.4, -0.2) is 43.8 Å². The molecule has 5 rings (SSSR count). The summed E-state index contributed by atoms with van der Waals surface area (Å²) in [5.74, 6) is 1.43. The van der Waals surface area contributed by atoms with E-state index in [2.05, 4.69) is 20.5 Å². The number of fused-ring (bicyclic) bond motifs is 1. The fourth-order valence-electron chi connectivity index (χ4n) is 4.04. The second-order valence-corrected chi connectivity index (χ2v) is 9.23. The number of aromatic amines is 1. The number of rotatable bonds is 9. The minimum atomic E-state index is -0.158. The number of ketones is 1. The van der Waals surface area contributed by atoms with E-state index in [4.69, 9.17) is 4.74 Å². The van der Waals surface area contributed by atoms with Crippen molar-refractivity contribution >= 4 is 40.0 Å². The maximum atomic E-state index is 12.9. The number of aromatic nitrogens is 4. The van der Waals surface area contributed by atoms with E-state index < -0.39 is 0 Å². The van der Waals surface area contributed by atoms with Gasteiger partial charge in [0.1, 0.15) is 5.75 Å². The van der Waals surface area contributed by atoms with Crippen molar-refractivity contribution in [3.8, 4) is 22.8 Å². The Morgan fingerprint density at radius 2 is 1.76 bits per heavy atom. The normalized spacial score (nSPS) is 11.0. The molecule has 2 aromatic heterocycles. The summed E-state index contributed by atoms with van der Waals surface area (Å²) in [4.78, 5) is 27.5. The van der Waals surface area contributed by atoms with Crippen LogP contribution in [0, 0.1) is 0 Å². The van der Waals surface area contributed by atoms with Crippen molar-refractivity contribution in [2.75, 3.05) is 17.7 Å². The number of H-pyrrole nitrogens is 1. The van der Waals surface area contributed by atoms with Crippen LogP contribution in [-0.2, 0) is 4.79 Å². The highest BCUT2D eigenvalue weighted by atomic mass is 32.2. The molecule has 0 aliphatic carbocycles. The van der Waals surface area contributed by atoms with E-state index in [0.717, 1.165) is 27.9 Å². The number of benzene rings is 3. The highest BCUT2D eigenvalue weighted by Crippen LogP contribution is 2.33. The number of hydrogen-bond acceptors (Lipinski definition) is 6. The zero-order valence-electron chi connectivity index (χ0n) is 20.4. The Balaban J connectivity index is 1.46. The lowest BCUT2D eigenvalue weighted by atomic mass is 10.1. The first-order valence-corrected chi connectivity index (χ1v) is 12.8. The molecule has 0 bridgehead atoms. The van der Waals surface area contributed by atoms with Gasteiger partial charge in [-0.05, 0) is 61.5 Å². The molecule has 3 aromatic carbocycles. The second kappa shape index (κ2) is 10.7. The van der Waals surface area contributed by atoms with Gasteiger partial charge in [-0.15, -0.1) is 10.2 Å². The number of amides is 1. The number of para-hydroxylation sites is 1. The zero-order valence-corrected chi connectivity index (χ0v) is 21.2. The van der Waals surface area contributed by atoms with Crippen molar-refractivity contribution in [2.24, 2.45) is 0 Å². The Morgan fingerprint density at radius 1 is 1.00 bits per heavy atom. The molecule has 9 heteroatoms. The average molecular weight is 512 g/mol. The summed E-state index contributed by atoms with van der Waals surface area (Å²) in [5, 5.41) is 13.3. The number of nitrogens with zero attached hydrogens (tertiary/aromatic N) is 3. The summed E-state index contributed by atoms with van der Waals surface area (Å²) < 4.78 is 7.57. The van der Waals surface area contributed by atoms with Crippen LogP contribution in [0.1, 0.15) is 24.2 Å². The third kappa shape index (κ3) is 5.26. The molecular formula is C28H25N5O3S. The van der Waals surface area contributed by atoms with E-state index in [-0.39, 0.29) is 17.4 Å². The Kier molecular flexibility index (Phi) is 7.04. The molecule has 0 aliphatic heterocycles. The lowest BCUT2D eigenvalue weighted by Crippen LogP contribution is -2.07. The van der Waals surface area contributed by atoms with Crippen LogP contribution in [0.4, 0.5) is 5.69 Å². The highest BCUT2D eigenvalue weighted by molar-refractivity contribution is 7.99. The average Bonchev–Trinajstić information content (AvgIpc) is 3.52. The van der Waals surface area contributed by atoms with Crippen molar-refractivity contribution in [1.82, 2.24) is 19.7 Å². The van der Waals surface area contributed by atoms with Crippen molar-refractivity contribution in [3.05, 3.63) is 84.6 Å². The van der Waals surface area contributed by atoms with E-state index in [0.29, 0.717) is 28.8 Å². The quantitative estimate of drug-likeness (QED) is 0.193. The van der Waals surface area contributed by atoms with Crippen LogP contribution in [0.15, 0.2) is 84.1 Å². The van der Waals surface area contributed by atoms with Gasteiger partial charge in [-0.1, -0.05) is 30.0 Å². The summed E-state index contributed by atoms with van der Waals surface area (Å²) in [7, 11) is 0. The molecule has 0 saturated heterocycles. The lowest BCUT2D eigenvalue weighted by Gasteiger charge is -2.11. The summed E-state index contributed by atoms with van der Waals surface area (Å²) in [5.41, 5.74) is 4.00. The van der Waals surface area contributed by atoms with Crippen molar-refractivity contribution < 1.29 is 14.3 Å². The Morgan fingerprint density at radius 3 is 2.49 bits per heavy atom. The molecule has 0 saturated carbocycles. The second-order valence-electron chi connectivity index (χ2n) is 8.29. The SMILES string of the molecule is CCOc1ccc(-n2c(SCC(=O)c3ccc(NC(C)=O)cc3)nnc2-c2c[nH]c3ccccc23)cc1. The number of carbonyl (C=O) groups excluding carboxylic acids is 2. The first-order valence-electron chi connectivity index (χ1n) is 11.8. The fourth-order valence-corrected chi connectivity index (χ4v) is 4.89. The van der Waals surface area contributed by atoms with Crippen molar-refractivity contribution in [1.29, 1.82) is 0 Å². The lowest BCUT2D eigenvalue weighted by molar-refractivity contribution is -0.114. The molecule has 0 aliphatic rings. The molecule has 8 nitrogen and oxygen atoms in total. The van der Waals surface area contributed by atoms with Crippen LogP contribution in [0.25, 0.3) is 28.0 Å². The first-order chi connectivity index (χ1) is 18.0. The maximum absolute atomic E-state index is 12.9. The van der Waals surface area contributed by atoms with Crippen LogP contribution in [0.2, 0.25) is 0 Å². The third-order valence-electron chi connectivity index (χ3n) is 5.73. The van der Waals surface area contributed by atoms with E-state index in [1.54, 1.807) is 24.3 Å². The number of thioether (sulfide) groups is 1. The number of nitrogens with one attached hydrogen (secondary N) is 2. The van der Waals surface area contributed by atoms with Gasteiger partial charge >= 0.3 is 0 Å². The fraction of sp³-hybridized carbons (Fsp3) is 0.143. The van der Waals surface area contributed by atoms with Gasteiger partial charge in [-0.3, -0.25) is 14.2 Å². The third-order valence-corrected chi connectivity index (χ3v) is 6.66. The molecule has 2 N–H and O–H groups in total. The number of anilines is 1. The monoisotopic (exact) mass is 511 g/mol. The van der Waals surface area contributed by atoms with E-state index in [1.807, 2.05) is 66.2 Å². The number of Topliss-reactive ketones (excluding diaryl/α,β-unsaturated/α-hetero) is 1. The van der Waals surface area contributed by atoms with E-state index in [1.165, 1.54) is 18.7 Å². The summed E-state index contributed by atoms with van der Waals surface area (Å²) in [6, 6.07) is 22.6. The minimum Gasteiger partial charge on any atom is -0.494 e. The molecule has 37 heavy (non-hydrogen) atoms. The van der Waals surface area contributed by atoms with Crippen LogP contribution in [0.3, 0.4) is 0 Å². The molecule has 186 valence electrons. The molecule has 5 aromatic rings. The molecule has 0 unspecified atom stereocenters. The largest absolute Gasteiger partial charge is 0.494 e. The number of carbonyl (C=O) groups is 2. The van der Waals surface area contributed by atoms with Gasteiger partial charge in [-0.2, -0.15) is 0 Å². The Hall–Kier alpha value is -4.37. The number of ether oxygens (including phenoxy) is 1. The van der Waals surface area contributed by atoms with Gasteiger partial charge in [0, 0.05) is 46.5 Å². The maximum Gasteiger partial charge on any atom is 0.221 e. The summed E-state index contributed by atoms with van der Waals surface area (Å²) >= 11 is 1.33. The van der Waals surface area contributed by atoms with Crippen LogP contribution < -0.4 is 10.1 Å². The Bertz CT molecular complexity index is 1560. The first kappa shape index (κ1) is 24.3. The van der Waals surface area contributed by atoms with Crippen molar-refractivity contribution in [3.63, 3.8) is 0 Å². The summed E-state index contributed by atoms with van der Waals surface area (Å²) in [6.45, 7) is 3.98. The van der Waals surface area contributed by atoms with Gasteiger partial charge in [0.2, 0.25) is 5.91 Å². The topological polar surface area (TPSA) is 102 Å². The van der Waals surface area contributed by atoms with Crippen molar-refractivity contribution in [2.45, 2.75) is 19.0 Å². The predicted octanol–water partition coefficient (Wildman–Crippen LogP) is 5.75. The smallest absolute Gasteiger partial charge is 0.221 e. The summed E-state index contributed by atoms with van der Waals surface area (Å²) in [6.07, 6.45) is 1.93. The van der Waals surface area contributed by atoms with Crippen LogP contribution >= 0.6 is 11.8 Å².